The van der Waals surface area contributed by atoms with Crippen molar-refractivity contribution in [2.24, 2.45) is 5.41 Å². The van der Waals surface area contributed by atoms with E-state index in [1.807, 2.05) is 37.3 Å². The van der Waals surface area contributed by atoms with Crippen molar-refractivity contribution in [3.8, 4) is 6.07 Å². The lowest BCUT2D eigenvalue weighted by molar-refractivity contribution is -0.126. The third-order valence-corrected chi connectivity index (χ3v) is 3.65. The first-order valence-electron chi connectivity index (χ1n) is 6.62. The highest BCUT2D eigenvalue weighted by atomic mass is 16.2. The van der Waals surface area contributed by atoms with Crippen LogP contribution in [-0.4, -0.2) is 25.5 Å². The lowest BCUT2D eigenvalue weighted by atomic mass is 9.87. The molecule has 1 N–H and O–H groups in total. The molecule has 1 atom stereocenters. The molecular weight excluding hydrogens is 238 g/mol. The largest absolute Gasteiger partial charge is 0.316 e. The summed E-state index contributed by atoms with van der Waals surface area (Å²) in [5.74, 6) is 0.110. The third-order valence-electron chi connectivity index (χ3n) is 3.65. The van der Waals surface area contributed by atoms with Gasteiger partial charge in [-0.15, -0.1) is 0 Å². The van der Waals surface area contributed by atoms with Gasteiger partial charge in [-0.05, 0) is 32.0 Å². The minimum Gasteiger partial charge on any atom is -0.316 e. The predicted molar refractivity (Wildman–Crippen MR) is 74.6 cm³/mol. The Morgan fingerprint density at radius 3 is 2.79 bits per heavy atom. The number of rotatable bonds is 4. The number of benzene rings is 1. The van der Waals surface area contributed by atoms with Gasteiger partial charge in [0.25, 0.3) is 0 Å². The number of amides is 1. The van der Waals surface area contributed by atoms with Gasteiger partial charge < -0.3 is 10.2 Å². The maximum absolute atomic E-state index is 12.8. The van der Waals surface area contributed by atoms with Crippen LogP contribution in [-0.2, 0) is 4.79 Å². The van der Waals surface area contributed by atoms with Gasteiger partial charge >= 0.3 is 0 Å². The Labute approximate surface area is 114 Å². The van der Waals surface area contributed by atoms with Gasteiger partial charge in [-0.3, -0.25) is 4.79 Å². The van der Waals surface area contributed by atoms with E-state index in [-0.39, 0.29) is 11.3 Å². The molecule has 19 heavy (non-hydrogen) atoms. The summed E-state index contributed by atoms with van der Waals surface area (Å²) in [4.78, 5) is 14.5. The van der Waals surface area contributed by atoms with Gasteiger partial charge in [0, 0.05) is 18.8 Å². The van der Waals surface area contributed by atoms with Crippen molar-refractivity contribution in [1.82, 2.24) is 5.32 Å². The third kappa shape index (κ3) is 2.94. The molecule has 1 amide bonds. The van der Waals surface area contributed by atoms with Crippen molar-refractivity contribution in [1.29, 1.82) is 5.26 Å². The molecule has 0 aliphatic carbocycles. The zero-order valence-electron chi connectivity index (χ0n) is 11.2. The Morgan fingerprint density at radius 1 is 1.47 bits per heavy atom. The average Bonchev–Trinajstić information content (AvgIpc) is 2.88. The lowest BCUT2D eigenvalue weighted by Gasteiger charge is -2.30. The highest BCUT2D eigenvalue weighted by Gasteiger charge is 2.39. The fourth-order valence-corrected chi connectivity index (χ4v) is 2.44. The standard InChI is InChI=1S/C15H19N3O/c1-15(8-10-17-12-15)14(19)18(11-5-9-16)13-6-3-2-4-7-13/h2-4,6-7,17H,5,8,10-12H2,1H3. The molecule has 1 aromatic rings. The summed E-state index contributed by atoms with van der Waals surface area (Å²) >= 11 is 0. The van der Waals surface area contributed by atoms with Crippen LogP contribution in [0.5, 0.6) is 0 Å². The molecule has 0 bridgehead atoms. The molecule has 0 aromatic heterocycles. The Balaban J connectivity index is 2.23. The van der Waals surface area contributed by atoms with E-state index in [0.29, 0.717) is 19.5 Å². The zero-order valence-corrected chi connectivity index (χ0v) is 11.2. The maximum atomic E-state index is 12.8. The van der Waals surface area contributed by atoms with Gasteiger partial charge in [0.1, 0.15) is 0 Å². The van der Waals surface area contributed by atoms with Crippen LogP contribution in [0.3, 0.4) is 0 Å². The van der Waals surface area contributed by atoms with Gasteiger partial charge in [0.2, 0.25) is 5.91 Å². The fourth-order valence-electron chi connectivity index (χ4n) is 2.44. The highest BCUT2D eigenvalue weighted by molar-refractivity contribution is 5.97. The first kappa shape index (κ1) is 13.6. The van der Waals surface area contributed by atoms with E-state index in [9.17, 15) is 4.79 Å². The Morgan fingerprint density at radius 2 is 2.21 bits per heavy atom. The molecule has 1 aromatic carbocycles. The summed E-state index contributed by atoms with van der Waals surface area (Å²) in [6.45, 7) is 4.04. The maximum Gasteiger partial charge on any atom is 0.234 e. The molecule has 1 aliphatic heterocycles. The smallest absolute Gasteiger partial charge is 0.234 e. The summed E-state index contributed by atoms with van der Waals surface area (Å²) in [6.07, 6.45) is 1.20. The van der Waals surface area contributed by atoms with Crippen molar-refractivity contribution in [3.63, 3.8) is 0 Å². The molecule has 1 unspecified atom stereocenters. The van der Waals surface area contributed by atoms with Crippen LogP contribution in [0, 0.1) is 16.7 Å². The first-order chi connectivity index (χ1) is 9.17. The Kier molecular flexibility index (Phi) is 4.18. The van der Waals surface area contributed by atoms with Crippen molar-refractivity contribution >= 4 is 11.6 Å². The molecule has 0 radical (unpaired) electrons. The van der Waals surface area contributed by atoms with Crippen molar-refractivity contribution in [2.45, 2.75) is 19.8 Å². The van der Waals surface area contributed by atoms with Crippen LogP contribution in [0.15, 0.2) is 30.3 Å². The Bertz CT molecular complexity index is 472. The number of hydrogen-bond acceptors (Lipinski definition) is 3. The topological polar surface area (TPSA) is 56.1 Å². The van der Waals surface area contributed by atoms with E-state index >= 15 is 0 Å². The second-order valence-corrected chi connectivity index (χ2v) is 5.19. The second-order valence-electron chi connectivity index (χ2n) is 5.19. The van der Waals surface area contributed by atoms with Crippen LogP contribution in [0.2, 0.25) is 0 Å². The molecule has 4 nitrogen and oxygen atoms in total. The molecule has 1 saturated heterocycles. The van der Waals surface area contributed by atoms with E-state index in [0.717, 1.165) is 18.7 Å². The number of para-hydroxylation sites is 1. The number of nitriles is 1. The summed E-state index contributed by atoms with van der Waals surface area (Å²) in [5.41, 5.74) is 0.515. The monoisotopic (exact) mass is 257 g/mol. The van der Waals surface area contributed by atoms with Crippen LogP contribution in [0.1, 0.15) is 19.8 Å². The molecule has 4 heteroatoms. The lowest BCUT2D eigenvalue weighted by Crippen LogP contribution is -2.44. The normalized spacial score (nSPS) is 21.9. The van der Waals surface area contributed by atoms with Gasteiger partial charge in [-0.2, -0.15) is 5.26 Å². The number of carbonyl (C=O) groups is 1. The van der Waals surface area contributed by atoms with Crippen molar-refractivity contribution in [3.05, 3.63) is 30.3 Å². The Hall–Kier alpha value is -1.86. The molecular formula is C15H19N3O. The van der Waals surface area contributed by atoms with Crippen molar-refractivity contribution in [2.75, 3.05) is 24.5 Å². The number of hydrogen-bond donors (Lipinski definition) is 1. The van der Waals surface area contributed by atoms with Crippen molar-refractivity contribution < 1.29 is 4.79 Å². The van der Waals surface area contributed by atoms with E-state index in [1.54, 1.807) is 4.90 Å². The van der Waals surface area contributed by atoms with Gasteiger partial charge in [0.05, 0.1) is 17.9 Å². The van der Waals surface area contributed by atoms with Crippen LogP contribution in [0.25, 0.3) is 0 Å². The van der Waals surface area contributed by atoms with Gasteiger partial charge in [-0.25, -0.2) is 0 Å². The fraction of sp³-hybridized carbons (Fsp3) is 0.467. The van der Waals surface area contributed by atoms with Gasteiger partial charge in [-0.1, -0.05) is 18.2 Å². The molecule has 1 heterocycles. The van der Waals surface area contributed by atoms with E-state index in [1.165, 1.54) is 0 Å². The average molecular weight is 257 g/mol. The molecule has 1 aliphatic rings. The van der Waals surface area contributed by atoms with Crippen LogP contribution < -0.4 is 10.2 Å². The van der Waals surface area contributed by atoms with E-state index < -0.39 is 0 Å². The number of nitrogens with zero attached hydrogens (tertiary/aromatic N) is 2. The summed E-state index contributed by atoms with van der Waals surface area (Å²) < 4.78 is 0. The van der Waals surface area contributed by atoms with E-state index in [4.69, 9.17) is 5.26 Å². The molecule has 1 fully saturated rings. The van der Waals surface area contributed by atoms with Crippen LogP contribution in [0.4, 0.5) is 5.69 Å². The van der Waals surface area contributed by atoms with Gasteiger partial charge in [0.15, 0.2) is 0 Å². The van der Waals surface area contributed by atoms with E-state index in [2.05, 4.69) is 11.4 Å². The molecule has 0 saturated carbocycles. The summed E-state index contributed by atoms with van der Waals surface area (Å²) in [5, 5.41) is 12.0. The number of carbonyl (C=O) groups excluding carboxylic acids is 1. The minimum absolute atomic E-state index is 0.110. The molecule has 2 rings (SSSR count). The SMILES string of the molecule is CC1(C(=O)N(CCC#N)c2ccccc2)CCNC1. The molecule has 0 spiro atoms. The zero-order chi connectivity index (χ0) is 13.7. The molecule has 100 valence electrons. The quantitative estimate of drug-likeness (QED) is 0.896. The summed E-state index contributed by atoms with van der Waals surface area (Å²) in [7, 11) is 0. The van der Waals surface area contributed by atoms with Crippen LogP contribution >= 0.6 is 0 Å². The summed E-state index contributed by atoms with van der Waals surface area (Å²) in [6, 6.07) is 11.7. The highest BCUT2D eigenvalue weighted by Crippen LogP contribution is 2.29. The second kappa shape index (κ2) is 5.85. The number of nitrogens with one attached hydrogen (secondary N) is 1. The minimum atomic E-state index is -0.356. The first-order valence-corrected chi connectivity index (χ1v) is 6.62. The predicted octanol–water partition coefficient (Wildman–Crippen LogP) is 1.93. The number of anilines is 1.